The van der Waals surface area contributed by atoms with E-state index < -0.39 is 0 Å². The molecule has 35 heavy (non-hydrogen) atoms. The first-order valence-electron chi connectivity index (χ1n) is 12.7. The fourth-order valence-corrected chi connectivity index (χ4v) is 6.77. The van der Waals surface area contributed by atoms with Crippen LogP contribution in [0.15, 0.2) is 59.1 Å². The van der Waals surface area contributed by atoms with Crippen molar-refractivity contribution in [1.82, 2.24) is 9.38 Å². The molecule has 0 unspecified atom stereocenters. The number of hydrogen-bond acceptors (Lipinski definition) is 2. The number of rotatable bonds is 0. The summed E-state index contributed by atoms with van der Waals surface area (Å²) in [7, 11) is 0. The Labute approximate surface area is 205 Å². The van der Waals surface area contributed by atoms with Gasteiger partial charge in [0.1, 0.15) is 16.8 Å². The number of benzene rings is 3. The summed E-state index contributed by atoms with van der Waals surface area (Å²) >= 11 is 0. The Morgan fingerprint density at radius 3 is 2.31 bits per heavy atom. The van der Waals surface area contributed by atoms with Gasteiger partial charge >= 0.3 is 0 Å². The molecular formula is C32H32N2O. The Kier molecular flexibility index (Phi) is 3.76. The Hall–Kier alpha value is -3.33. The van der Waals surface area contributed by atoms with Crippen molar-refractivity contribution in [3.8, 4) is 0 Å². The van der Waals surface area contributed by atoms with Crippen molar-refractivity contribution in [2.45, 2.75) is 71.1 Å². The van der Waals surface area contributed by atoms with Crippen LogP contribution in [0.5, 0.6) is 0 Å². The van der Waals surface area contributed by atoms with Crippen LogP contribution in [0.25, 0.3) is 49.4 Å². The summed E-state index contributed by atoms with van der Waals surface area (Å²) < 4.78 is 8.74. The van der Waals surface area contributed by atoms with Crippen LogP contribution in [0, 0.1) is 0 Å². The average molecular weight is 461 g/mol. The molecule has 1 aliphatic carbocycles. The second kappa shape index (κ2) is 6.26. The van der Waals surface area contributed by atoms with Crippen molar-refractivity contribution in [3.05, 3.63) is 71.4 Å². The molecule has 3 aromatic heterocycles. The van der Waals surface area contributed by atoms with E-state index >= 15 is 0 Å². The lowest BCUT2D eigenvalue weighted by Crippen LogP contribution is -2.17. The molecule has 1 aliphatic rings. The highest BCUT2D eigenvalue weighted by Crippen LogP contribution is 2.50. The number of imidazole rings is 1. The molecule has 176 valence electrons. The summed E-state index contributed by atoms with van der Waals surface area (Å²) in [5.41, 5.74) is 9.67. The van der Waals surface area contributed by atoms with E-state index in [1.165, 1.54) is 27.6 Å². The van der Waals surface area contributed by atoms with Crippen molar-refractivity contribution in [3.63, 3.8) is 0 Å². The van der Waals surface area contributed by atoms with Gasteiger partial charge < -0.3 is 4.42 Å². The number of aromatic nitrogens is 2. The maximum atomic E-state index is 6.42. The van der Waals surface area contributed by atoms with E-state index in [1.807, 2.05) is 0 Å². The molecule has 0 saturated heterocycles. The molecule has 7 rings (SSSR count). The summed E-state index contributed by atoms with van der Waals surface area (Å²) in [5.74, 6) is 0. The summed E-state index contributed by atoms with van der Waals surface area (Å²) in [6, 6.07) is 17.7. The molecule has 0 saturated carbocycles. The zero-order chi connectivity index (χ0) is 24.5. The summed E-state index contributed by atoms with van der Waals surface area (Å²) in [6.45, 7) is 16.3. The summed E-state index contributed by atoms with van der Waals surface area (Å²) in [6.07, 6.45) is 3.45. The van der Waals surface area contributed by atoms with Crippen molar-refractivity contribution in [2.24, 2.45) is 0 Å². The molecule has 0 aliphatic heterocycles. The van der Waals surface area contributed by atoms with Crippen LogP contribution in [0.3, 0.4) is 0 Å². The third-order valence-corrected chi connectivity index (χ3v) is 8.32. The maximum absolute atomic E-state index is 6.42. The van der Waals surface area contributed by atoms with E-state index in [9.17, 15) is 0 Å². The molecule has 0 bridgehead atoms. The quantitative estimate of drug-likeness (QED) is 0.167. The maximum Gasteiger partial charge on any atom is 0.146 e. The van der Waals surface area contributed by atoms with Crippen LogP contribution in [0.1, 0.15) is 71.6 Å². The molecule has 0 fully saturated rings. The summed E-state index contributed by atoms with van der Waals surface area (Å²) in [5, 5.41) is 4.67. The zero-order valence-electron chi connectivity index (χ0n) is 21.7. The van der Waals surface area contributed by atoms with Crippen molar-refractivity contribution < 1.29 is 4.42 Å². The van der Waals surface area contributed by atoms with E-state index in [0.717, 1.165) is 44.9 Å². The predicted octanol–water partition coefficient (Wildman–Crippen LogP) is 8.80. The third kappa shape index (κ3) is 2.75. The number of pyridine rings is 1. The van der Waals surface area contributed by atoms with E-state index in [-0.39, 0.29) is 16.2 Å². The highest BCUT2D eigenvalue weighted by atomic mass is 16.3. The van der Waals surface area contributed by atoms with Crippen LogP contribution in [-0.4, -0.2) is 9.38 Å². The SMILES string of the molecule is CC(C)(C)c1ccc2oc3cccc4c3c(cn3c5cc6c(cc5nc43)C(C)(C)CC6(C)C)c2c1. The molecule has 0 N–H and O–H groups in total. The van der Waals surface area contributed by atoms with Gasteiger partial charge in [0.25, 0.3) is 0 Å². The van der Waals surface area contributed by atoms with Crippen molar-refractivity contribution >= 4 is 49.4 Å². The minimum absolute atomic E-state index is 0.0653. The van der Waals surface area contributed by atoms with Gasteiger partial charge in [0.2, 0.25) is 0 Å². The van der Waals surface area contributed by atoms with Crippen LogP contribution in [0.2, 0.25) is 0 Å². The minimum Gasteiger partial charge on any atom is -0.456 e. The van der Waals surface area contributed by atoms with Gasteiger partial charge in [-0.3, -0.25) is 4.40 Å². The zero-order valence-corrected chi connectivity index (χ0v) is 21.7. The van der Waals surface area contributed by atoms with Gasteiger partial charge in [-0.25, -0.2) is 4.98 Å². The molecule has 6 aromatic rings. The molecule has 0 spiro atoms. The second-order valence-corrected chi connectivity index (χ2v) is 12.9. The van der Waals surface area contributed by atoms with Gasteiger partial charge in [0.05, 0.1) is 11.0 Å². The molecule has 3 nitrogen and oxygen atoms in total. The molecule has 0 amide bonds. The average Bonchev–Trinajstić information content (AvgIpc) is 3.23. The molecular weight excluding hydrogens is 428 g/mol. The first kappa shape index (κ1) is 21.0. The molecule has 0 atom stereocenters. The van der Waals surface area contributed by atoms with Gasteiger partial charge in [0, 0.05) is 27.7 Å². The topological polar surface area (TPSA) is 30.4 Å². The van der Waals surface area contributed by atoms with Crippen LogP contribution in [-0.2, 0) is 16.2 Å². The van der Waals surface area contributed by atoms with E-state index in [2.05, 4.69) is 108 Å². The van der Waals surface area contributed by atoms with Gasteiger partial charge in [-0.05, 0) is 69.7 Å². The van der Waals surface area contributed by atoms with E-state index in [4.69, 9.17) is 9.40 Å². The number of hydrogen-bond donors (Lipinski definition) is 0. The Morgan fingerprint density at radius 1 is 0.829 bits per heavy atom. The molecule has 3 heterocycles. The Balaban J connectivity index is 1.67. The Morgan fingerprint density at radius 2 is 1.57 bits per heavy atom. The fourth-order valence-electron chi connectivity index (χ4n) is 6.77. The van der Waals surface area contributed by atoms with Crippen LogP contribution in [0.4, 0.5) is 0 Å². The summed E-state index contributed by atoms with van der Waals surface area (Å²) in [4.78, 5) is 5.19. The van der Waals surface area contributed by atoms with Gasteiger partial charge in [-0.2, -0.15) is 0 Å². The van der Waals surface area contributed by atoms with Crippen molar-refractivity contribution in [2.75, 3.05) is 0 Å². The first-order chi connectivity index (χ1) is 16.4. The molecule has 3 aromatic carbocycles. The third-order valence-electron chi connectivity index (χ3n) is 8.32. The fraction of sp³-hybridized carbons (Fsp3) is 0.344. The predicted molar refractivity (Wildman–Crippen MR) is 147 cm³/mol. The lowest BCUT2D eigenvalue weighted by molar-refractivity contribution is 0.403. The number of fused-ring (bicyclic) bond motifs is 7. The molecule has 3 heteroatoms. The van der Waals surface area contributed by atoms with Gasteiger partial charge in [0.15, 0.2) is 0 Å². The monoisotopic (exact) mass is 460 g/mol. The standard InChI is InChI=1S/C32H32N2O/c1-30(2,3)18-11-12-26-20(13-18)21-16-34-25-15-23-22(31(4,5)17-32(23,6)7)14-24(25)33-29(34)19-9-8-10-27(35-26)28(19)21/h8-16H,17H2,1-7H3. The largest absolute Gasteiger partial charge is 0.456 e. The first-order valence-corrected chi connectivity index (χ1v) is 12.7. The van der Waals surface area contributed by atoms with E-state index in [0.29, 0.717) is 0 Å². The second-order valence-electron chi connectivity index (χ2n) is 12.9. The minimum atomic E-state index is 0.0653. The Bertz CT molecular complexity index is 1850. The highest BCUT2D eigenvalue weighted by Gasteiger charge is 2.42. The lowest BCUT2D eigenvalue weighted by atomic mass is 9.82. The van der Waals surface area contributed by atoms with Gasteiger partial charge in [-0.15, -0.1) is 0 Å². The normalized spacial score (nSPS) is 17.3. The van der Waals surface area contributed by atoms with E-state index in [1.54, 1.807) is 0 Å². The highest BCUT2D eigenvalue weighted by molar-refractivity contribution is 6.21. The molecule has 0 radical (unpaired) electrons. The lowest BCUT2D eigenvalue weighted by Gasteiger charge is -2.22. The van der Waals surface area contributed by atoms with Gasteiger partial charge in [-0.1, -0.05) is 66.7 Å². The smallest absolute Gasteiger partial charge is 0.146 e. The van der Waals surface area contributed by atoms with Crippen LogP contribution >= 0.6 is 0 Å². The number of nitrogens with zero attached hydrogens (tertiary/aromatic N) is 2. The van der Waals surface area contributed by atoms with Crippen molar-refractivity contribution in [1.29, 1.82) is 0 Å². The van der Waals surface area contributed by atoms with Crippen LogP contribution < -0.4 is 0 Å².